The first-order chi connectivity index (χ1) is 9.65. The standard InChI is InChI=1S/C15H19N3O2/c1-17-8-9-18(15(17)19)11-13-10-12(4-3-7-16)5-6-14(13)20-2/h5-6,10H,7-9,11,16H2,1-2H3. The van der Waals surface area contributed by atoms with Crippen LogP contribution in [0.3, 0.4) is 0 Å². The normalized spacial score (nSPS) is 14.2. The van der Waals surface area contributed by atoms with Crippen LogP contribution in [-0.2, 0) is 6.54 Å². The number of carbonyl (C=O) groups is 1. The fourth-order valence-corrected chi connectivity index (χ4v) is 2.19. The van der Waals surface area contributed by atoms with Gasteiger partial charge in [-0.15, -0.1) is 0 Å². The lowest BCUT2D eigenvalue weighted by atomic mass is 10.1. The Morgan fingerprint density at radius 1 is 1.40 bits per heavy atom. The van der Waals surface area contributed by atoms with Gasteiger partial charge in [0, 0.05) is 31.3 Å². The summed E-state index contributed by atoms with van der Waals surface area (Å²) in [6.07, 6.45) is 0. The van der Waals surface area contributed by atoms with Crippen LogP contribution in [0.4, 0.5) is 4.79 Å². The maximum atomic E-state index is 11.9. The summed E-state index contributed by atoms with van der Waals surface area (Å²) >= 11 is 0. The molecule has 1 aromatic rings. The van der Waals surface area contributed by atoms with Crippen LogP contribution >= 0.6 is 0 Å². The fraction of sp³-hybridized carbons (Fsp3) is 0.400. The highest BCUT2D eigenvalue weighted by atomic mass is 16.5. The maximum absolute atomic E-state index is 11.9. The van der Waals surface area contributed by atoms with Crippen LogP contribution < -0.4 is 10.5 Å². The summed E-state index contributed by atoms with van der Waals surface area (Å²) in [4.78, 5) is 15.4. The first-order valence-electron chi connectivity index (χ1n) is 6.51. The number of hydrogen-bond acceptors (Lipinski definition) is 3. The molecule has 5 heteroatoms. The molecule has 0 aromatic heterocycles. The Bertz CT molecular complexity index is 560. The molecule has 1 saturated heterocycles. The van der Waals surface area contributed by atoms with Gasteiger partial charge in [-0.05, 0) is 18.2 Å². The van der Waals surface area contributed by atoms with Gasteiger partial charge in [0.2, 0.25) is 0 Å². The van der Waals surface area contributed by atoms with E-state index in [4.69, 9.17) is 10.5 Å². The molecular weight excluding hydrogens is 254 g/mol. The van der Waals surface area contributed by atoms with E-state index in [9.17, 15) is 4.79 Å². The minimum Gasteiger partial charge on any atom is -0.496 e. The summed E-state index contributed by atoms with van der Waals surface area (Å²) in [5, 5.41) is 0. The Kier molecular flexibility index (Phi) is 4.49. The van der Waals surface area contributed by atoms with Gasteiger partial charge in [0.1, 0.15) is 5.75 Å². The second-order valence-electron chi connectivity index (χ2n) is 4.66. The highest BCUT2D eigenvalue weighted by molar-refractivity contribution is 5.76. The molecule has 0 unspecified atom stereocenters. The van der Waals surface area contributed by atoms with Crippen molar-refractivity contribution in [1.29, 1.82) is 0 Å². The zero-order valence-corrected chi connectivity index (χ0v) is 11.8. The van der Waals surface area contributed by atoms with Gasteiger partial charge >= 0.3 is 6.03 Å². The van der Waals surface area contributed by atoms with E-state index in [0.29, 0.717) is 13.1 Å². The Balaban J connectivity index is 2.22. The Morgan fingerprint density at radius 3 is 2.80 bits per heavy atom. The predicted molar refractivity (Wildman–Crippen MR) is 77.4 cm³/mol. The van der Waals surface area contributed by atoms with Gasteiger partial charge in [0.05, 0.1) is 20.2 Å². The van der Waals surface area contributed by atoms with E-state index in [2.05, 4.69) is 11.8 Å². The number of rotatable bonds is 3. The number of likely N-dealkylation sites (N-methyl/N-ethyl adjacent to an activating group) is 1. The Hall–Kier alpha value is -2.19. The molecule has 2 N–H and O–H groups in total. The third-order valence-electron chi connectivity index (χ3n) is 3.28. The lowest BCUT2D eigenvalue weighted by Crippen LogP contribution is -2.29. The molecule has 1 aromatic carbocycles. The smallest absolute Gasteiger partial charge is 0.320 e. The topological polar surface area (TPSA) is 58.8 Å². The Morgan fingerprint density at radius 2 is 2.20 bits per heavy atom. The molecule has 5 nitrogen and oxygen atoms in total. The number of ether oxygens (including phenoxy) is 1. The van der Waals surface area contributed by atoms with Gasteiger partial charge in [-0.25, -0.2) is 4.79 Å². The molecule has 0 bridgehead atoms. The third-order valence-corrected chi connectivity index (χ3v) is 3.28. The third kappa shape index (κ3) is 3.03. The molecule has 1 aliphatic heterocycles. The molecule has 0 radical (unpaired) electrons. The highest BCUT2D eigenvalue weighted by Gasteiger charge is 2.25. The number of urea groups is 1. The molecule has 0 atom stereocenters. The number of nitrogens with two attached hydrogens (primary N) is 1. The van der Waals surface area contributed by atoms with Crippen LogP contribution in [0.25, 0.3) is 0 Å². The second kappa shape index (κ2) is 6.31. The minimum absolute atomic E-state index is 0.0468. The number of benzene rings is 1. The van der Waals surface area contributed by atoms with Gasteiger partial charge in [-0.2, -0.15) is 0 Å². The fourth-order valence-electron chi connectivity index (χ4n) is 2.19. The van der Waals surface area contributed by atoms with Crippen molar-refractivity contribution in [1.82, 2.24) is 9.80 Å². The number of methoxy groups -OCH3 is 1. The zero-order chi connectivity index (χ0) is 14.5. The predicted octanol–water partition coefficient (Wildman–Crippen LogP) is 0.873. The summed E-state index contributed by atoms with van der Waals surface area (Å²) in [5.74, 6) is 6.59. The second-order valence-corrected chi connectivity index (χ2v) is 4.66. The van der Waals surface area contributed by atoms with Crippen LogP contribution in [-0.4, -0.2) is 49.6 Å². The molecule has 1 aliphatic rings. The summed E-state index contributed by atoms with van der Waals surface area (Å²) < 4.78 is 5.35. The van der Waals surface area contributed by atoms with E-state index in [1.54, 1.807) is 16.9 Å². The van der Waals surface area contributed by atoms with E-state index in [1.807, 2.05) is 25.2 Å². The summed E-state index contributed by atoms with van der Waals surface area (Å²) in [6, 6.07) is 5.77. The molecule has 2 amide bonds. The lowest BCUT2D eigenvalue weighted by molar-refractivity contribution is 0.196. The molecule has 2 rings (SSSR count). The molecule has 1 fully saturated rings. The van der Waals surface area contributed by atoms with Gasteiger partial charge in [-0.3, -0.25) is 0 Å². The van der Waals surface area contributed by atoms with Crippen LogP contribution in [0, 0.1) is 11.8 Å². The molecule has 1 heterocycles. The Labute approximate surface area is 119 Å². The van der Waals surface area contributed by atoms with Crippen molar-refractivity contribution in [2.24, 2.45) is 5.73 Å². The highest BCUT2D eigenvalue weighted by Crippen LogP contribution is 2.23. The molecule has 0 saturated carbocycles. The van der Waals surface area contributed by atoms with Gasteiger partial charge < -0.3 is 20.3 Å². The number of nitrogens with zero attached hydrogens (tertiary/aromatic N) is 2. The average molecular weight is 273 g/mol. The first-order valence-corrected chi connectivity index (χ1v) is 6.51. The van der Waals surface area contributed by atoms with Crippen LogP contribution in [0.1, 0.15) is 11.1 Å². The van der Waals surface area contributed by atoms with Crippen molar-refractivity contribution in [3.8, 4) is 17.6 Å². The quantitative estimate of drug-likeness (QED) is 0.831. The van der Waals surface area contributed by atoms with Crippen LogP contribution in [0.15, 0.2) is 18.2 Å². The van der Waals surface area contributed by atoms with Gasteiger partial charge in [0.15, 0.2) is 0 Å². The van der Waals surface area contributed by atoms with E-state index in [1.165, 1.54) is 0 Å². The molecule has 0 spiro atoms. The van der Waals surface area contributed by atoms with E-state index < -0.39 is 0 Å². The maximum Gasteiger partial charge on any atom is 0.320 e. The summed E-state index contributed by atoms with van der Waals surface area (Å²) in [5.41, 5.74) is 7.22. The molecule has 20 heavy (non-hydrogen) atoms. The van der Waals surface area contributed by atoms with Crippen molar-refractivity contribution in [3.63, 3.8) is 0 Å². The largest absolute Gasteiger partial charge is 0.496 e. The van der Waals surface area contributed by atoms with Gasteiger partial charge in [0.25, 0.3) is 0 Å². The van der Waals surface area contributed by atoms with Crippen molar-refractivity contribution in [2.75, 3.05) is 33.8 Å². The van der Waals surface area contributed by atoms with Gasteiger partial charge in [-0.1, -0.05) is 11.8 Å². The van der Waals surface area contributed by atoms with E-state index in [-0.39, 0.29) is 6.03 Å². The summed E-state index contributed by atoms with van der Waals surface area (Å²) in [7, 11) is 3.44. The molecular formula is C15H19N3O2. The van der Waals surface area contributed by atoms with Crippen LogP contribution in [0.5, 0.6) is 5.75 Å². The summed E-state index contributed by atoms with van der Waals surface area (Å²) in [6.45, 7) is 2.35. The van der Waals surface area contributed by atoms with E-state index in [0.717, 1.165) is 30.0 Å². The minimum atomic E-state index is 0.0468. The van der Waals surface area contributed by atoms with Crippen LogP contribution in [0.2, 0.25) is 0 Å². The number of carbonyl (C=O) groups excluding carboxylic acids is 1. The number of amides is 2. The average Bonchev–Trinajstić information content (AvgIpc) is 2.77. The lowest BCUT2D eigenvalue weighted by Gasteiger charge is -2.18. The monoisotopic (exact) mass is 273 g/mol. The number of hydrogen-bond donors (Lipinski definition) is 1. The molecule has 0 aliphatic carbocycles. The SMILES string of the molecule is COc1ccc(C#CCN)cc1CN1CCN(C)C1=O. The van der Waals surface area contributed by atoms with Crippen molar-refractivity contribution < 1.29 is 9.53 Å². The van der Waals surface area contributed by atoms with E-state index >= 15 is 0 Å². The molecule has 106 valence electrons. The van der Waals surface area contributed by atoms with Crippen molar-refractivity contribution >= 4 is 6.03 Å². The zero-order valence-electron chi connectivity index (χ0n) is 11.8. The van der Waals surface area contributed by atoms with Crippen molar-refractivity contribution in [2.45, 2.75) is 6.54 Å². The van der Waals surface area contributed by atoms with Crippen molar-refractivity contribution in [3.05, 3.63) is 29.3 Å². The first kappa shape index (κ1) is 14.2.